The van der Waals surface area contributed by atoms with E-state index in [1.165, 1.54) is 5.69 Å². The third kappa shape index (κ3) is 3.70. The molecule has 0 atom stereocenters. The third-order valence-electron chi connectivity index (χ3n) is 4.16. The van der Waals surface area contributed by atoms with Gasteiger partial charge in [0.05, 0.1) is 22.8 Å². The summed E-state index contributed by atoms with van der Waals surface area (Å²) in [7, 11) is 0. The van der Waals surface area contributed by atoms with Gasteiger partial charge in [-0.05, 0) is 38.1 Å². The SMILES string of the molecule is Cc1cc(C)n(-c2cc(Cl)ccc2-c2nc3c([nH]2)CNCC3)n1.Cl.Cl. The third-order valence-corrected chi connectivity index (χ3v) is 4.39. The molecule has 0 saturated carbocycles. The maximum atomic E-state index is 6.23. The standard InChI is InChI=1S/C17H18ClN5.2ClH/c1-10-7-11(2)23(22-10)16-8-12(18)3-4-13(16)17-20-14-5-6-19-9-15(14)21-17;;/h3-4,7-8,19H,5-6,9H2,1-2H3,(H,20,21);2*1H. The molecule has 4 rings (SSSR count). The first-order valence-corrected chi connectivity index (χ1v) is 8.11. The van der Waals surface area contributed by atoms with E-state index in [1.54, 1.807) is 0 Å². The van der Waals surface area contributed by atoms with Crippen molar-refractivity contribution < 1.29 is 0 Å². The van der Waals surface area contributed by atoms with Gasteiger partial charge in [0.2, 0.25) is 0 Å². The van der Waals surface area contributed by atoms with E-state index in [0.29, 0.717) is 5.02 Å². The van der Waals surface area contributed by atoms with Crippen LogP contribution in [0, 0.1) is 13.8 Å². The number of benzene rings is 1. The average Bonchev–Trinajstić information content (AvgIpc) is 3.09. The van der Waals surface area contributed by atoms with E-state index < -0.39 is 0 Å². The second-order valence-electron chi connectivity index (χ2n) is 5.94. The Kier molecular flexibility index (Phi) is 6.16. The summed E-state index contributed by atoms with van der Waals surface area (Å²) in [5, 5.41) is 8.65. The molecule has 5 nitrogen and oxygen atoms in total. The Morgan fingerprint density at radius 2 is 1.96 bits per heavy atom. The van der Waals surface area contributed by atoms with E-state index in [9.17, 15) is 0 Å². The second kappa shape index (κ2) is 7.79. The minimum atomic E-state index is 0. The van der Waals surface area contributed by atoms with Crippen LogP contribution in [-0.4, -0.2) is 26.3 Å². The molecule has 2 N–H and O–H groups in total. The van der Waals surface area contributed by atoms with Crippen LogP contribution in [0.3, 0.4) is 0 Å². The number of aromatic amines is 1. The van der Waals surface area contributed by atoms with E-state index in [2.05, 4.69) is 21.5 Å². The highest BCUT2D eigenvalue weighted by Gasteiger charge is 2.18. The Bertz CT molecular complexity index is 861. The number of aryl methyl sites for hydroxylation is 2. The molecule has 0 spiro atoms. The molecule has 0 bridgehead atoms. The van der Waals surface area contributed by atoms with Gasteiger partial charge in [-0.1, -0.05) is 11.6 Å². The predicted molar refractivity (Wildman–Crippen MR) is 106 cm³/mol. The van der Waals surface area contributed by atoms with Crippen molar-refractivity contribution >= 4 is 36.4 Å². The summed E-state index contributed by atoms with van der Waals surface area (Å²) in [6.45, 7) is 5.85. The molecule has 1 aliphatic rings. The van der Waals surface area contributed by atoms with Crippen LogP contribution in [0.15, 0.2) is 24.3 Å². The minimum Gasteiger partial charge on any atom is -0.340 e. The van der Waals surface area contributed by atoms with Crippen molar-refractivity contribution in [1.29, 1.82) is 0 Å². The highest BCUT2D eigenvalue weighted by molar-refractivity contribution is 6.30. The van der Waals surface area contributed by atoms with Gasteiger partial charge >= 0.3 is 0 Å². The molecule has 1 aromatic carbocycles. The lowest BCUT2D eigenvalue weighted by Crippen LogP contribution is -2.23. The molecule has 0 amide bonds. The van der Waals surface area contributed by atoms with Crippen LogP contribution >= 0.6 is 36.4 Å². The van der Waals surface area contributed by atoms with Crippen molar-refractivity contribution in [2.75, 3.05) is 6.54 Å². The maximum Gasteiger partial charge on any atom is 0.140 e. The lowest BCUT2D eigenvalue weighted by Gasteiger charge is -2.10. The molecule has 25 heavy (non-hydrogen) atoms. The number of H-pyrrole nitrogens is 1. The molecule has 8 heteroatoms. The van der Waals surface area contributed by atoms with Crippen molar-refractivity contribution in [3.63, 3.8) is 0 Å². The smallest absolute Gasteiger partial charge is 0.140 e. The van der Waals surface area contributed by atoms with Crippen LogP contribution in [0.25, 0.3) is 17.1 Å². The van der Waals surface area contributed by atoms with Gasteiger partial charge in [-0.15, -0.1) is 24.8 Å². The number of hydrogen-bond acceptors (Lipinski definition) is 3. The second-order valence-corrected chi connectivity index (χ2v) is 6.37. The summed E-state index contributed by atoms with van der Waals surface area (Å²) in [6.07, 6.45) is 0.953. The largest absolute Gasteiger partial charge is 0.340 e. The number of nitrogens with zero attached hydrogens (tertiary/aromatic N) is 3. The lowest BCUT2D eigenvalue weighted by atomic mass is 10.1. The van der Waals surface area contributed by atoms with Gasteiger partial charge in [-0.3, -0.25) is 0 Å². The van der Waals surface area contributed by atoms with Crippen molar-refractivity contribution in [2.24, 2.45) is 0 Å². The number of imidazole rings is 1. The lowest BCUT2D eigenvalue weighted by molar-refractivity contribution is 0.627. The average molecular weight is 401 g/mol. The molecular formula is C17H20Cl3N5. The van der Waals surface area contributed by atoms with Crippen LogP contribution < -0.4 is 5.32 Å². The van der Waals surface area contributed by atoms with Gasteiger partial charge in [0.1, 0.15) is 5.82 Å². The predicted octanol–water partition coefficient (Wildman–Crippen LogP) is 4.02. The Hall–Kier alpha value is -1.53. The van der Waals surface area contributed by atoms with Crippen molar-refractivity contribution in [3.05, 3.63) is 52.1 Å². The van der Waals surface area contributed by atoms with Crippen LogP contribution in [0.5, 0.6) is 0 Å². The molecule has 2 aromatic heterocycles. The molecule has 0 unspecified atom stereocenters. The number of rotatable bonds is 2. The number of fused-ring (bicyclic) bond motifs is 1. The molecule has 0 radical (unpaired) electrons. The number of hydrogen-bond donors (Lipinski definition) is 2. The summed E-state index contributed by atoms with van der Waals surface area (Å²) < 4.78 is 1.93. The van der Waals surface area contributed by atoms with Crippen LogP contribution in [0.1, 0.15) is 22.8 Å². The zero-order chi connectivity index (χ0) is 16.0. The number of aromatic nitrogens is 4. The molecule has 3 heterocycles. The Morgan fingerprint density at radius 3 is 2.64 bits per heavy atom. The molecule has 134 valence electrons. The maximum absolute atomic E-state index is 6.23. The Morgan fingerprint density at radius 1 is 1.16 bits per heavy atom. The monoisotopic (exact) mass is 399 g/mol. The summed E-state index contributed by atoms with van der Waals surface area (Å²) >= 11 is 6.23. The summed E-state index contributed by atoms with van der Waals surface area (Å²) in [6, 6.07) is 7.90. The molecule has 3 aromatic rings. The Labute approximate surface area is 164 Å². The van der Waals surface area contributed by atoms with Gasteiger partial charge in [0, 0.05) is 35.8 Å². The normalized spacial score (nSPS) is 12.9. The first-order chi connectivity index (χ1) is 11.1. The zero-order valence-electron chi connectivity index (χ0n) is 14.0. The van der Waals surface area contributed by atoms with Crippen molar-refractivity contribution in [1.82, 2.24) is 25.1 Å². The fourth-order valence-electron chi connectivity index (χ4n) is 3.10. The first kappa shape index (κ1) is 19.8. The number of halogens is 3. The van der Waals surface area contributed by atoms with Gasteiger partial charge in [-0.2, -0.15) is 5.10 Å². The minimum absolute atomic E-state index is 0. The quantitative estimate of drug-likeness (QED) is 0.683. The van der Waals surface area contributed by atoms with Crippen LogP contribution in [0.4, 0.5) is 0 Å². The van der Waals surface area contributed by atoms with E-state index in [1.807, 2.05) is 36.7 Å². The Balaban J connectivity index is 0.00000113. The topological polar surface area (TPSA) is 58.5 Å². The zero-order valence-corrected chi connectivity index (χ0v) is 16.4. The first-order valence-electron chi connectivity index (χ1n) is 7.74. The van der Waals surface area contributed by atoms with E-state index in [-0.39, 0.29) is 24.8 Å². The highest BCUT2D eigenvalue weighted by atomic mass is 35.5. The van der Waals surface area contributed by atoms with Crippen molar-refractivity contribution in [2.45, 2.75) is 26.8 Å². The van der Waals surface area contributed by atoms with Crippen LogP contribution in [0.2, 0.25) is 5.02 Å². The number of nitrogens with one attached hydrogen (secondary N) is 2. The summed E-state index contributed by atoms with van der Waals surface area (Å²) in [5.74, 6) is 0.873. The van der Waals surface area contributed by atoms with Gasteiger partial charge < -0.3 is 10.3 Å². The van der Waals surface area contributed by atoms with E-state index >= 15 is 0 Å². The molecule has 0 aliphatic carbocycles. The molecule has 1 aliphatic heterocycles. The molecular weight excluding hydrogens is 381 g/mol. The molecule has 0 fully saturated rings. The highest BCUT2D eigenvalue weighted by Crippen LogP contribution is 2.29. The van der Waals surface area contributed by atoms with Crippen LogP contribution in [-0.2, 0) is 13.0 Å². The summed E-state index contributed by atoms with van der Waals surface area (Å²) in [5.41, 5.74) is 6.33. The van der Waals surface area contributed by atoms with Gasteiger partial charge in [0.25, 0.3) is 0 Å². The van der Waals surface area contributed by atoms with E-state index in [0.717, 1.165) is 53.7 Å². The van der Waals surface area contributed by atoms with Crippen molar-refractivity contribution in [3.8, 4) is 17.1 Å². The molecule has 0 saturated heterocycles. The van der Waals surface area contributed by atoms with E-state index in [4.69, 9.17) is 16.6 Å². The fourth-order valence-corrected chi connectivity index (χ4v) is 3.27. The summed E-state index contributed by atoms with van der Waals surface area (Å²) in [4.78, 5) is 8.24. The fraction of sp³-hybridized carbons (Fsp3) is 0.294. The van der Waals surface area contributed by atoms with Gasteiger partial charge in [0.15, 0.2) is 0 Å². The van der Waals surface area contributed by atoms with Gasteiger partial charge in [-0.25, -0.2) is 9.67 Å².